The summed E-state index contributed by atoms with van der Waals surface area (Å²) < 4.78 is 11.1. The molecule has 3 aliphatic rings. The Morgan fingerprint density at radius 1 is 1.20 bits per heavy atom. The summed E-state index contributed by atoms with van der Waals surface area (Å²) in [6, 6.07) is 0. The number of ether oxygens (including phenoxy) is 2. The highest BCUT2D eigenvalue weighted by atomic mass is 16.7. The predicted octanol–water partition coefficient (Wildman–Crippen LogP) is 1.51. The van der Waals surface area contributed by atoms with Crippen LogP contribution in [0.25, 0.3) is 0 Å². The van der Waals surface area contributed by atoms with E-state index >= 15 is 0 Å². The van der Waals surface area contributed by atoms with Crippen LogP contribution in [0, 0.1) is 17.3 Å². The molecule has 0 spiro atoms. The van der Waals surface area contributed by atoms with Crippen LogP contribution in [0.1, 0.15) is 32.1 Å². The van der Waals surface area contributed by atoms with Gasteiger partial charge in [-0.3, -0.25) is 0 Å². The maximum atomic E-state index is 6.02. The second kappa shape index (κ2) is 3.72. The van der Waals surface area contributed by atoms with Gasteiger partial charge < -0.3 is 15.2 Å². The molecule has 1 heterocycles. The quantitative estimate of drug-likeness (QED) is 0.769. The van der Waals surface area contributed by atoms with Crippen LogP contribution in [0.15, 0.2) is 0 Å². The molecule has 1 saturated heterocycles. The maximum absolute atomic E-state index is 6.02. The van der Waals surface area contributed by atoms with Gasteiger partial charge in [0.1, 0.15) is 0 Å². The Morgan fingerprint density at radius 3 is 2.53 bits per heavy atom. The molecule has 0 aromatic heterocycles. The molecule has 2 bridgehead atoms. The zero-order valence-electron chi connectivity index (χ0n) is 9.28. The summed E-state index contributed by atoms with van der Waals surface area (Å²) in [6.07, 6.45) is 6.60. The predicted molar refractivity (Wildman–Crippen MR) is 57.2 cm³/mol. The Kier molecular flexibility index (Phi) is 2.49. The summed E-state index contributed by atoms with van der Waals surface area (Å²) in [5, 5.41) is 0. The van der Waals surface area contributed by atoms with Crippen molar-refractivity contribution in [1.82, 2.24) is 0 Å². The lowest BCUT2D eigenvalue weighted by Gasteiger charge is -2.38. The first-order valence-electron chi connectivity index (χ1n) is 6.26. The molecule has 15 heavy (non-hydrogen) atoms. The summed E-state index contributed by atoms with van der Waals surface area (Å²) in [7, 11) is 0. The number of rotatable bonds is 3. The van der Waals surface area contributed by atoms with Crippen molar-refractivity contribution in [1.29, 1.82) is 0 Å². The second-order valence-corrected chi connectivity index (χ2v) is 5.52. The molecule has 2 N–H and O–H groups in total. The standard InChI is InChI=1S/C12H21NO2/c13-8-12(7-11-14-3-4-15-11)6-9-1-2-10(12)5-9/h9-11H,1-8,13H2. The van der Waals surface area contributed by atoms with Gasteiger partial charge in [0.25, 0.3) is 0 Å². The minimum absolute atomic E-state index is 0.0351. The molecule has 0 amide bonds. The summed E-state index contributed by atoms with van der Waals surface area (Å²) in [6.45, 7) is 2.34. The SMILES string of the molecule is NCC1(CC2OCCO2)CC2CCC1C2. The van der Waals surface area contributed by atoms with Gasteiger partial charge in [0.05, 0.1) is 13.2 Å². The number of hydrogen-bond donors (Lipinski definition) is 1. The molecule has 2 aliphatic carbocycles. The van der Waals surface area contributed by atoms with E-state index in [9.17, 15) is 0 Å². The van der Waals surface area contributed by atoms with Crippen molar-refractivity contribution < 1.29 is 9.47 Å². The topological polar surface area (TPSA) is 44.5 Å². The summed E-state index contributed by atoms with van der Waals surface area (Å²) in [5.41, 5.74) is 6.37. The fraction of sp³-hybridized carbons (Fsp3) is 1.00. The Morgan fingerprint density at radius 2 is 2.00 bits per heavy atom. The van der Waals surface area contributed by atoms with Gasteiger partial charge in [0, 0.05) is 6.42 Å². The molecule has 1 aliphatic heterocycles. The number of hydrogen-bond acceptors (Lipinski definition) is 3. The minimum atomic E-state index is 0.0351. The highest BCUT2D eigenvalue weighted by Gasteiger charge is 2.51. The van der Waals surface area contributed by atoms with Gasteiger partial charge in [0.2, 0.25) is 0 Å². The van der Waals surface area contributed by atoms with Crippen LogP contribution in [0.2, 0.25) is 0 Å². The fourth-order valence-corrected chi connectivity index (χ4v) is 4.00. The molecule has 3 unspecified atom stereocenters. The first-order valence-corrected chi connectivity index (χ1v) is 6.26. The Labute approximate surface area is 91.3 Å². The van der Waals surface area contributed by atoms with E-state index in [0.717, 1.165) is 38.0 Å². The van der Waals surface area contributed by atoms with Gasteiger partial charge in [-0.1, -0.05) is 6.42 Å². The van der Waals surface area contributed by atoms with Crippen molar-refractivity contribution in [3.8, 4) is 0 Å². The van der Waals surface area contributed by atoms with Gasteiger partial charge in [-0.25, -0.2) is 0 Å². The molecular weight excluding hydrogens is 190 g/mol. The van der Waals surface area contributed by atoms with Gasteiger partial charge in [-0.2, -0.15) is 0 Å². The highest BCUT2D eigenvalue weighted by Crippen LogP contribution is 2.57. The lowest BCUT2D eigenvalue weighted by atomic mass is 9.70. The van der Waals surface area contributed by atoms with Gasteiger partial charge in [0.15, 0.2) is 6.29 Å². The third-order valence-corrected chi connectivity index (χ3v) is 4.77. The normalized spacial score (nSPS) is 45.4. The average Bonchev–Trinajstić information content (AvgIpc) is 2.93. The number of nitrogens with two attached hydrogens (primary N) is 1. The monoisotopic (exact) mass is 211 g/mol. The molecule has 2 saturated carbocycles. The molecule has 3 nitrogen and oxygen atoms in total. The third kappa shape index (κ3) is 1.61. The molecule has 3 rings (SSSR count). The van der Waals surface area contributed by atoms with Crippen molar-refractivity contribution in [3.63, 3.8) is 0 Å². The van der Waals surface area contributed by atoms with Crippen LogP contribution >= 0.6 is 0 Å². The van der Waals surface area contributed by atoms with Gasteiger partial charge in [-0.15, -0.1) is 0 Å². The van der Waals surface area contributed by atoms with Gasteiger partial charge >= 0.3 is 0 Å². The smallest absolute Gasteiger partial charge is 0.158 e. The van der Waals surface area contributed by atoms with E-state index in [0.29, 0.717) is 5.41 Å². The lowest BCUT2D eigenvalue weighted by Crippen LogP contribution is -2.39. The van der Waals surface area contributed by atoms with E-state index in [1.165, 1.54) is 25.7 Å². The zero-order valence-corrected chi connectivity index (χ0v) is 9.28. The fourth-order valence-electron chi connectivity index (χ4n) is 4.00. The first-order chi connectivity index (χ1) is 7.32. The van der Waals surface area contributed by atoms with Crippen LogP contribution in [0.5, 0.6) is 0 Å². The Hall–Kier alpha value is -0.120. The van der Waals surface area contributed by atoms with Crippen LogP contribution in [-0.4, -0.2) is 26.0 Å². The minimum Gasteiger partial charge on any atom is -0.350 e. The van der Waals surface area contributed by atoms with E-state index in [4.69, 9.17) is 15.2 Å². The summed E-state index contributed by atoms with van der Waals surface area (Å²) >= 11 is 0. The van der Waals surface area contributed by atoms with Crippen molar-refractivity contribution in [2.45, 2.75) is 38.4 Å². The van der Waals surface area contributed by atoms with Crippen molar-refractivity contribution >= 4 is 0 Å². The molecule has 3 heteroatoms. The average molecular weight is 211 g/mol. The first kappa shape index (κ1) is 10.1. The van der Waals surface area contributed by atoms with Gasteiger partial charge in [-0.05, 0) is 43.1 Å². The van der Waals surface area contributed by atoms with Crippen molar-refractivity contribution in [3.05, 3.63) is 0 Å². The van der Waals surface area contributed by atoms with Crippen LogP contribution < -0.4 is 5.73 Å². The van der Waals surface area contributed by atoms with Crippen molar-refractivity contribution in [2.24, 2.45) is 23.0 Å². The molecule has 0 radical (unpaired) electrons. The molecule has 0 aromatic carbocycles. The third-order valence-electron chi connectivity index (χ3n) is 4.77. The second-order valence-electron chi connectivity index (χ2n) is 5.52. The highest BCUT2D eigenvalue weighted by molar-refractivity contribution is 5.01. The van der Waals surface area contributed by atoms with Crippen LogP contribution in [0.4, 0.5) is 0 Å². The molecule has 0 aromatic rings. The lowest BCUT2D eigenvalue weighted by molar-refractivity contribution is -0.0814. The molecule has 3 fully saturated rings. The Balaban J connectivity index is 1.69. The zero-order chi connectivity index (χ0) is 10.3. The van der Waals surface area contributed by atoms with E-state index in [1.54, 1.807) is 0 Å². The van der Waals surface area contributed by atoms with E-state index in [-0.39, 0.29) is 6.29 Å². The summed E-state index contributed by atoms with van der Waals surface area (Å²) in [5.74, 6) is 1.79. The van der Waals surface area contributed by atoms with E-state index in [2.05, 4.69) is 0 Å². The van der Waals surface area contributed by atoms with E-state index in [1.807, 2.05) is 0 Å². The molecular formula is C12H21NO2. The number of fused-ring (bicyclic) bond motifs is 2. The largest absolute Gasteiger partial charge is 0.350 e. The maximum Gasteiger partial charge on any atom is 0.158 e. The van der Waals surface area contributed by atoms with Crippen LogP contribution in [0.3, 0.4) is 0 Å². The van der Waals surface area contributed by atoms with Crippen LogP contribution in [-0.2, 0) is 9.47 Å². The van der Waals surface area contributed by atoms with E-state index < -0.39 is 0 Å². The summed E-state index contributed by atoms with van der Waals surface area (Å²) in [4.78, 5) is 0. The molecule has 86 valence electrons. The molecule has 3 atom stereocenters. The van der Waals surface area contributed by atoms with Crippen molar-refractivity contribution in [2.75, 3.05) is 19.8 Å². The Bertz CT molecular complexity index is 240.